The van der Waals surface area contributed by atoms with Gasteiger partial charge in [0, 0.05) is 31.5 Å². The fourth-order valence-electron chi connectivity index (χ4n) is 3.09. The second kappa shape index (κ2) is 7.51. The lowest BCUT2D eigenvalue weighted by Gasteiger charge is -2.32. The van der Waals surface area contributed by atoms with Gasteiger partial charge in [-0.1, -0.05) is 30.3 Å². The van der Waals surface area contributed by atoms with Crippen molar-refractivity contribution in [1.29, 1.82) is 0 Å². The van der Waals surface area contributed by atoms with Crippen LogP contribution in [0.3, 0.4) is 0 Å². The Bertz CT molecular complexity index is 780. The van der Waals surface area contributed by atoms with E-state index < -0.39 is 23.2 Å². The SMILES string of the molecule is O=C(Cc1ccccc1)[C@H]1CCCN(C(=O)c2ncc(F)cc2F)C1. The molecule has 1 aliphatic heterocycles. The summed E-state index contributed by atoms with van der Waals surface area (Å²) >= 11 is 0. The highest BCUT2D eigenvalue weighted by Gasteiger charge is 2.30. The molecule has 3 rings (SSSR count). The lowest BCUT2D eigenvalue weighted by atomic mass is 9.90. The number of carbonyl (C=O) groups is 2. The predicted octanol–water partition coefficient (Wildman–Crippen LogP) is 3.02. The maximum absolute atomic E-state index is 13.8. The fraction of sp³-hybridized carbons (Fsp3) is 0.316. The molecule has 4 nitrogen and oxygen atoms in total. The summed E-state index contributed by atoms with van der Waals surface area (Å²) in [6.45, 7) is 0.676. The summed E-state index contributed by atoms with van der Waals surface area (Å²) in [5, 5.41) is 0. The second-order valence-corrected chi connectivity index (χ2v) is 6.20. The summed E-state index contributed by atoms with van der Waals surface area (Å²) in [5.74, 6) is -2.63. The number of likely N-dealkylation sites (tertiary alicyclic amines) is 1. The van der Waals surface area contributed by atoms with Crippen LogP contribution in [0, 0.1) is 17.6 Å². The van der Waals surface area contributed by atoms with Gasteiger partial charge in [-0.05, 0) is 18.4 Å². The monoisotopic (exact) mass is 344 g/mol. The molecule has 0 saturated carbocycles. The number of halogens is 2. The van der Waals surface area contributed by atoms with Gasteiger partial charge in [-0.3, -0.25) is 9.59 Å². The Balaban J connectivity index is 1.68. The number of aromatic nitrogens is 1. The van der Waals surface area contributed by atoms with Crippen LogP contribution in [0.15, 0.2) is 42.6 Å². The molecule has 0 unspecified atom stereocenters. The van der Waals surface area contributed by atoms with Gasteiger partial charge in [-0.2, -0.15) is 0 Å². The molecule has 1 atom stereocenters. The highest BCUT2D eigenvalue weighted by molar-refractivity contribution is 5.93. The third-order valence-electron chi connectivity index (χ3n) is 4.40. The van der Waals surface area contributed by atoms with Gasteiger partial charge in [-0.25, -0.2) is 13.8 Å². The number of amides is 1. The molecule has 130 valence electrons. The first-order chi connectivity index (χ1) is 12.0. The standard InChI is InChI=1S/C19H18F2N2O2/c20-15-10-16(21)18(22-11-15)19(25)23-8-4-7-14(12-23)17(24)9-13-5-2-1-3-6-13/h1-3,5-6,10-11,14H,4,7-9,12H2/t14-/m0/s1. The van der Waals surface area contributed by atoms with Crippen molar-refractivity contribution in [3.63, 3.8) is 0 Å². The first-order valence-electron chi connectivity index (χ1n) is 8.21. The lowest BCUT2D eigenvalue weighted by molar-refractivity contribution is -0.123. The van der Waals surface area contributed by atoms with E-state index in [4.69, 9.17) is 0 Å². The third kappa shape index (κ3) is 4.07. The van der Waals surface area contributed by atoms with E-state index in [1.54, 1.807) is 0 Å². The van der Waals surface area contributed by atoms with E-state index in [0.29, 0.717) is 31.9 Å². The van der Waals surface area contributed by atoms with Gasteiger partial charge in [-0.15, -0.1) is 0 Å². The number of pyridine rings is 1. The zero-order valence-electron chi connectivity index (χ0n) is 13.6. The molecule has 1 aromatic carbocycles. The van der Waals surface area contributed by atoms with Gasteiger partial charge in [0.15, 0.2) is 11.5 Å². The molecule has 1 amide bonds. The van der Waals surface area contributed by atoms with E-state index >= 15 is 0 Å². The molecule has 1 fully saturated rings. The van der Waals surface area contributed by atoms with E-state index in [1.165, 1.54) is 4.90 Å². The Kier molecular flexibility index (Phi) is 5.16. The third-order valence-corrected chi connectivity index (χ3v) is 4.40. The molecular weight excluding hydrogens is 326 g/mol. The average molecular weight is 344 g/mol. The molecule has 0 spiro atoms. The van der Waals surface area contributed by atoms with Gasteiger partial charge in [0.2, 0.25) is 0 Å². The second-order valence-electron chi connectivity index (χ2n) is 6.20. The van der Waals surface area contributed by atoms with Crippen LogP contribution in [0.4, 0.5) is 8.78 Å². The minimum Gasteiger partial charge on any atom is -0.336 e. The minimum atomic E-state index is -0.984. The first-order valence-corrected chi connectivity index (χ1v) is 8.21. The van der Waals surface area contributed by atoms with Crippen LogP contribution >= 0.6 is 0 Å². The first kappa shape index (κ1) is 17.2. The molecule has 0 radical (unpaired) electrons. The van der Waals surface area contributed by atoms with Crippen LogP contribution in [0.1, 0.15) is 28.9 Å². The number of Topliss-reactive ketones (excluding diaryl/α,β-unsaturated/α-hetero) is 1. The summed E-state index contributed by atoms with van der Waals surface area (Å²) in [6.07, 6.45) is 2.50. The van der Waals surface area contributed by atoms with Crippen LogP contribution in [0.25, 0.3) is 0 Å². The van der Waals surface area contributed by atoms with Gasteiger partial charge in [0.1, 0.15) is 11.6 Å². The van der Waals surface area contributed by atoms with Crippen molar-refractivity contribution in [2.75, 3.05) is 13.1 Å². The Labute approximate surface area is 144 Å². The van der Waals surface area contributed by atoms with E-state index in [1.807, 2.05) is 30.3 Å². The van der Waals surface area contributed by atoms with Crippen molar-refractivity contribution in [2.24, 2.45) is 5.92 Å². The van der Waals surface area contributed by atoms with Crippen LogP contribution in [-0.4, -0.2) is 34.7 Å². The van der Waals surface area contributed by atoms with E-state index in [9.17, 15) is 18.4 Å². The van der Waals surface area contributed by atoms with Crippen LogP contribution < -0.4 is 0 Å². The number of carbonyl (C=O) groups excluding carboxylic acids is 2. The molecule has 6 heteroatoms. The fourth-order valence-corrected chi connectivity index (χ4v) is 3.09. The molecule has 2 aromatic rings. The lowest BCUT2D eigenvalue weighted by Crippen LogP contribution is -2.43. The maximum Gasteiger partial charge on any atom is 0.275 e. The topological polar surface area (TPSA) is 50.3 Å². The largest absolute Gasteiger partial charge is 0.336 e. The zero-order chi connectivity index (χ0) is 17.8. The molecule has 1 aromatic heterocycles. The summed E-state index contributed by atoms with van der Waals surface area (Å²) in [7, 11) is 0. The van der Waals surface area contributed by atoms with E-state index in [0.717, 1.165) is 11.8 Å². The van der Waals surface area contributed by atoms with Gasteiger partial charge in [0.05, 0.1) is 6.20 Å². The quantitative estimate of drug-likeness (QED) is 0.857. The minimum absolute atomic E-state index is 0.0660. The smallest absolute Gasteiger partial charge is 0.275 e. The maximum atomic E-state index is 13.8. The molecule has 2 heterocycles. The predicted molar refractivity (Wildman–Crippen MR) is 87.9 cm³/mol. The van der Waals surface area contributed by atoms with Crippen molar-refractivity contribution in [3.05, 3.63) is 65.5 Å². The number of hydrogen-bond donors (Lipinski definition) is 0. The van der Waals surface area contributed by atoms with Gasteiger partial charge in [0.25, 0.3) is 5.91 Å². The number of ketones is 1. The van der Waals surface area contributed by atoms with Crippen molar-refractivity contribution >= 4 is 11.7 Å². The normalized spacial score (nSPS) is 17.4. The molecule has 1 aliphatic rings. The summed E-state index contributed by atoms with van der Waals surface area (Å²) in [6, 6.07) is 10.1. The van der Waals surface area contributed by atoms with Gasteiger partial charge < -0.3 is 4.90 Å². The van der Waals surface area contributed by atoms with Crippen LogP contribution in [-0.2, 0) is 11.2 Å². The molecule has 1 saturated heterocycles. The van der Waals surface area contributed by atoms with Crippen LogP contribution in [0.5, 0.6) is 0 Å². The molecule has 0 N–H and O–H groups in total. The summed E-state index contributed by atoms with van der Waals surface area (Å²) < 4.78 is 26.7. The van der Waals surface area contributed by atoms with E-state index in [-0.39, 0.29) is 18.2 Å². The summed E-state index contributed by atoms with van der Waals surface area (Å²) in [5.41, 5.74) is 0.528. The van der Waals surface area contributed by atoms with Crippen molar-refractivity contribution in [2.45, 2.75) is 19.3 Å². The number of piperidine rings is 1. The molecular formula is C19H18F2N2O2. The van der Waals surface area contributed by atoms with Crippen molar-refractivity contribution in [1.82, 2.24) is 9.88 Å². The molecule has 25 heavy (non-hydrogen) atoms. The Morgan fingerprint density at radius 2 is 1.96 bits per heavy atom. The summed E-state index contributed by atoms with van der Waals surface area (Å²) in [4.78, 5) is 29.9. The Hall–Kier alpha value is -2.63. The highest BCUT2D eigenvalue weighted by Crippen LogP contribution is 2.21. The van der Waals surface area contributed by atoms with Crippen molar-refractivity contribution < 1.29 is 18.4 Å². The number of hydrogen-bond acceptors (Lipinski definition) is 3. The highest BCUT2D eigenvalue weighted by atomic mass is 19.1. The molecule has 0 bridgehead atoms. The van der Waals surface area contributed by atoms with Crippen LogP contribution in [0.2, 0.25) is 0 Å². The average Bonchev–Trinajstić information content (AvgIpc) is 2.62. The number of rotatable bonds is 4. The Morgan fingerprint density at radius 1 is 1.20 bits per heavy atom. The van der Waals surface area contributed by atoms with E-state index in [2.05, 4.69) is 4.98 Å². The molecule has 0 aliphatic carbocycles. The zero-order valence-corrected chi connectivity index (χ0v) is 13.6. The van der Waals surface area contributed by atoms with Crippen molar-refractivity contribution in [3.8, 4) is 0 Å². The van der Waals surface area contributed by atoms with Gasteiger partial charge >= 0.3 is 0 Å². The number of nitrogens with zero attached hydrogens (tertiary/aromatic N) is 2. The number of benzene rings is 1. The Morgan fingerprint density at radius 3 is 2.68 bits per heavy atom.